The first-order chi connectivity index (χ1) is 10.2. The lowest BCUT2D eigenvalue weighted by atomic mass is 9.89. The minimum absolute atomic E-state index is 0.815. The van der Waals surface area contributed by atoms with Crippen LogP contribution in [0.3, 0.4) is 0 Å². The summed E-state index contributed by atoms with van der Waals surface area (Å²) in [5, 5.41) is 0. The van der Waals surface area contributed by atoms with Gasteiger partial charge in [0.1, 0.15) is 0 Å². The first-order valence-corrected chi connectivity index (χ1v) is 8.57. The van der Waals surface area contributed by atoms with E-state index in [1.807, 2.05) is 12.3 Å². The van der Waals surface area contributed by atoms with E-state index >= 15 is 0 Å². The number of rotatable bonds is 3. The predicted octanol–water partition coefficient (Wildman–Crippen LogP) is 3.02. The molecular formula is C18H29N3. The van der Waals surface area contributed by atoms with Crippen LogP contribution in [0.15, 0.2) is 24.4 Å². The summed E-state index contributed by atoms with van der Waals surface area (Å²) in [7, 11) is 0. The highest BCUT2D eigenvalue weighted by atomic mass is 15.2. The van der Waals surface area contributed by atoms with Crippen molar-refractivity contribution in [3.8, 4) is 0 Å². The molecular weight excluding hydrogens is 258 g/mol. The SMILES string of the molecule is C[C@@H]1C[C@H](C)CN(C2CCN(Cc3ccccn3)CC2)C1. The Bertz CT molecular complexity index is 415. The lowest BCUT2D eigenvalue weighted by Gasteiger charge is -2.43. The van der Waals surface area contributed by atoms with E-state index in [0.29, 0.717) is 0 Å². The van der Waals surface area contributed by atoms with Crippen molar-refractivity contribution in [2.75, 3.05) is 26.2 Å². The molecule has 0 radical (unpaired) electrons. The molecule has 1 aromatic rings. The molecule has 0 bridgehead atoms. The smallest absolute Gasteiger partial charge is 0.0543 e. The number of pyridine rings is 1. The van der Waals surface area contributed by atoms with Crippen molar-refractivity contribution in [1.29, 1.82) is 0 Å². The van der Waals surface area contributed by atoms with Crippen molar-refractivity contribution in [2.24, 2.45) is 11.8 Å². The molecule has 3 rings (SSSR count). The third kappa shape index (κ3) is 4.04. The Kier molecular flexibility index (Phi) is 4.91. The van der Waals surface area contributed by atoms with Crippen molar-refractivity contribution in [3.63, 3.8) is 0 Å². The molecule has 3 heterocycles. The Balaban J connectivity index is 1.48. The van der Waals surface area contributed by atoms with Gasteiger partial charge >= 0.3 is 0 Å². The molecule has 0 aliphatic carbocycles. The summed E-state index contributed by atoms with van der Waals surface area (Å²) < 4.78 is 0. The fraction of sp³-hybridized carbons (Fsp3) is 0.722. The quantitative estimate of drug-likeness (QED) is 0.852. The van der Waals surface area contributed by atoms with Crippen LogP contribution in [0, 0.1) is 11.8 Å². The van der Waals surface area contributed by atoms with E-state index in [9.17, 15) is 0 Å². The van der Waals surface area contributed by atoms with E-state index in [2.05, 4.69) is 40.8 Å². The van der Waals surface area contributed by atoms with Crippen molar-refractivity contribution in [2.45, 2.75) is 45.7 Å². The maximum atomic E-state index is 4.45. The molecule has 1 aromatic heterocycles. The van der Waals surface area contributed by atoms with Crippen molar-refractivity contribution >= 4 is 0 Å². The van der Waals surface area contributed by atoms with Gasteiger partial charge in [-0.05, 0) is 43.2 Å². The molecule has 3 heteroatoms. The highest BCUT2D eigenvalue weighted by Gasteiger charge is 2.29. The zero-order valence-corrected chi connectivity index (χ0v) is 13.5. The lowest BCUT2D eigenvalue weighted by molar-refractivity contribution is 0.0527. The molecule has 0 saturated carbocycles. The summed E-state index contributed by atoms with van der Waals surface area (Å²) in [5.74, 6) is 1.75. The first-order valence-electron chi connectivity index (χ1n) is 8.57. The molecule has 2 fully saturated rings. The number of nitrogens with zero attached hydrogens (tertiary/aromatic N) is 3. The molecule has 0 spiro atoms. The maximum Gasteiger partial charge on any atom is 0.0543 e. The largest absolute Gasteiger partial charge is 0.300 e. The molecule has 0 unspecified atom stereocenters. The highest BCUT2D eigenvalue weighted by molar-refractivity contribution is 5.03. The number of likely N-dealkylation sites (tertiary alicyclic amines) is 2. The van der Waals surface area contributed by atoms with Crippen molar-refractivity contribution < 1.29 is 0 Å². The third-order valence-electron chi connectivity index (χ3n) is 5.08. The number of piperidine rings is 2. The highest BCUT2D eigenvalue weighted by Crippen LogP contribution is 2.26. The van der Waals surface area contributed by atoms with Gasteiger partial charge in [0.2, 0.25) is 0 Å². The van der Waals surface area contributed by atoms with Crippen LogP contribution >= 0.6 is 0 Å². The summed E-state index contributed by atoms with van der Waals surface area (Å²) in [6.45, 7) is 10.9. The van der Waals surface area contributed by atoms with E-state index < -0.39 is 0 Å². The Morgan fingerprint density at radius 1 is 1.10 bits per heavy atom. The van der Waals surface area contributed by atoms with Gasteiger partial charge in [0, 0.05) is 45.0 Å². The molecule has 21 heavy (non-hydrogen) atoms. The second kappa shape index (κ2) is 6.89. The zero-order valence-electron chi connectivity index (χ0n) is 13.5. The average Bonchev–Trinajstić information content (AvgIpc) is 2.48. The number of hydrogen-bond acceptors (Lipinski definition) is 3. The monoisotopic (exact) mass is 287 g/mol. The first kappa shape index (κ1) is 15.0. The summed E-state index contributed by atoms with van der Waals surface area (Å²) >= 11 is 0. The normalized spacial score (nSPS) is 29.6. The summed E-state index contributed by atoms with van der Waals surface area (Å²) in [6.07, 6.45) is 5.96. The van der Waals surface area contributed by atoms with Crippen LogP contribution in [-0.4, -0.2) is 47.0 Å². The molecule has 2 aliphatic rings. The van der Waals surface area contributed by atoms with Gasteiger partial charge in [0.05, 0.1) is 5.69 Å². The minimum atomic E-state index is 0.815. The van der Waals surface area contributed by atoms with Crippen LogP contribution in [-0.2, 0) is 6.54 Å². The molecule has 3 nitrogen and oxygen atoms in total. The van der Waals surface area contributed by atoms with Crippen LogP contribution < -0.4 is 0 Å². The fourth-order valence-corrected chi connectivity index (χ4v) is 4.17. The molecule has 116 valence electrons. The second-order valence-corrected chi connectivity index (χ2v) is 7.23. The van der Waals surface area contributed by atoms with Crippen molar-refractivity contribution in [1.82, 2.24) is 14.8 Å². The second-order valence-electron chi connectivity index (χ2n) is 7.23. The Hall–Kier alpha value is -0.930. The van der Waals surface area contributed by atoms with Gasteiger partial charge < -0.3 is 0 Å². The van der Waals surface area contributed by atoms with Crippen LogP contribution in [0.2, 0.25) is 0 Å². The van der Waals surface area contributed by atoms with E-state index in [1.54, 1.807) is 0 Å². The summed E-state index contributed by atoms with van der Waals surface area (Å²) in [6, 6.07) is 7.04. The topological polar surface area (TPSA) is 19.4 Å². The number of aromatic nitrogens is 1. The minimum Gasteiger partial charge on any atom is -0.300 e. The van der Waals surface area contributed by atoms with E-state index in [0.717, 1.165) is 24.4 Å². The number of hydrogen-bond donors (Lipinski definition) is 0. The zero-order chi connectivity index (χ0) is 14.7. The predicted molar refractivity (Wildman–Crippen MR) is 87.1 cm³/mol. The summed E-state index contributed by atoms with van der Waals surface area (Å²) in [4.78, 5) is 9.79. The van der Waals surface area contributed by atoms with Gasteiger partial charge in [0.15, 0.2) is 0 Å². The van der Waals surface area contributed by atoms with E-state index in [-0.39, 0.29) is 0 Å². The fourth-order valence-electron chi connectivity index (χ4n) is 4.17. The summed E-state index contributed by atoms with van der Waals surface area (Å²) in [5.41, 5.74) is 1.20. The Morgan fingerprint density at radius 2 is 1.81 bits per heavy atom. The van der Waals surface area contributed by atoms with Gasteiger partial charge in [-0.1, -0.05) is 19.9 Å². The van der Waals surface area contributed by atoms with Gasteiger partial charge in [-0.2, -0.15) is 0 Å². The molecule has 2 atom stereocenters. The van der Waals surface area contributed by atoms with Crippen LogP contribution in [0.1, 0.15) is 38.8 Å². The van der Waals surface area contributed by atoms with Gasteiger partial charge in [-0.3, -0.25) is 14.8 Å². The standard InChI is InChI=1S/C18H29N3/c1-15-11-16(2)13-21(12-15)18-6-9-20(10-7-18)14-17-5-3-4-8-19-17/h3-5,8,15-16,18H,6-7,9-14H2,1-2H3/t15-,16+. The average molecular weight is 287 g/mol. The van der Waals surface area contributed by atoms with Crippen LogP contribution in [0.4, 0.5) is 0 Å². The van der Waals surface area contributed by atoms with E-state index in [4.69, 9.17) is 0 Å². The van der Waals surface area contributed by atoms with Gasteiger partial charge in [-0.25, -0.2) is 0 Å². The van der Waals surface area contributed by atoms with Crippen LogP contribution in [0.25, 0.3) is 0 Å². The van der Waals surface area contributed by atoms with Gasteiger partial charge in [-0.15, -0.1) is 0 Å². The maximum absolute atomic E-state index is 4.45. The molecule has 2 aliphatic heterocycles. The van der Waals surface area contributed by atoms with Gasteiger partial charge in [0.25, 0.3) is 0 Å². The van der Waals surface area contributed by atoms with Crippen LogP contribution in [0.5, 0.6) is 0 Å². The Labute approximate surface area is 129 Å². The molecule has 0 amide bonds. The molecule has 0 N–H and O–H groups in total. The van der Waals surface area contributed by atoms with E-state index in [1.165, 1.54) is 51.1 Å². The third-order valence-corrected chi connectivity index (χ3v) is 5.08. The molecule has 0 aromatic carbocycles. The molecule has 2 saturated heterocycles. The Morgan fingerprint density at radius 3 is 2.43 bits per heavy atom. The lowest BCUT2D eigenvalue weighted by Crippen LogP contribution is -2.49. The van der Waals surface area contributed by atoms with Crippen molar-refractivity contribution in [3.05, 3.63) is 30.1 Å².